The molecule has 0 aliphatic carbocycles. The maximum Gasteiger partial charge on any atom is 0.293 e. The van der Waals surface area contributed by atoms with Gasteiger partial charge in [-0.05, 0) is 54.4 Å². The van der Waals surface area contributed by atoms with Gasteiger partial charge >= 0.3 is 0 Å². The number of hydrogen-bond acceptors (Lipinski definition) is 8. The fraction of sp³-hybridized carbons (Fsp3) is 0.154. The average Bonchev–Trinajstić information content (AvgIpc) is 3.58. The van der Waals surface area contributed by atoms with Gasteiger partial charge in [0.15, 0.2) is 17.2 Å². The number of aliphatic imine (C=N–C) groups is 2. The highest BCUT2D eigenvalue weighted by molar-refractivity contribution is 6.12. The van der Waals surface area contributed by atoms with Crippen molar-refractivity contribution in [1.82, 2.24) is 15.7 Å². The second-order valence-corrected chi connectivity index (χ2v) is 8.43. The van der Waals surface area contributed by atoms with Gasteiger partial charge in [0, 0.05) is 0 Å². The number of carbonyl (C=O) groups excluding carboxylic acids is 2. The average molecular weight is 486 g/mol. The normalized spacial score (nSPS) is 14.8. The summed E-state index contributed by atoms with van der Waals surface area (Å²) >= 11 is 0. The minimum atomic E-state index is -1.05. The zero-order valence-corrected chi connectivity index (χ0v) is 19.6. The van der Waals surface area contributed by atoms with Gasteiger partial charge in [-0.2, -0.15) is 10.1 Å². The van der Waals surface area contributed by atoms with Crippen LogP contribution < -0.4 is 10.6 Å². The number of nitrogens with one attached hydrogen (secondary N) is 2. The van der Waals surface area contributed by atoms with Crippen LogP contribution in [0, 0.1) is 0 Å². The summed E-state index contributed by atoms with van der Waals surface area (Å²) in [5.41, 5.74) is -0.106. The molecule has 0 fully saturated rings. The van der Waals surface area contributed by atoms with Gasteiger partial charge in [0.2, 0.25) is 11.9 Å². The summed E-state index contributed by atoms with van der Waals surface area (Å²) in [6.45, 7) is 3.72. The summed E-state index contributed by atoms with van der Waals surface area (Å²) in [4.78, 5) is 40.3. The van der Waals surface area contributed by atoms with Crippen LogP contribution in [0.4, 0.5) is 0 Å². The summed E-state index contributed by atoms with van der Waals surface area (Å²) in [6, 6.07) is 20.2. The number of fused-ring (bicyclic) bond motifs is 1. The van der Waals surface area contributed by atoms with E-state index in [0.29, 0.717) is 0 Å². The van der Waals surface area contributed by atoms with Crippen molar-refractivity contribution in [3.63, 3.8) is 0 Å². The zero-order chi connectivity index (χ0) is 25.1. The van der Waals surface area contributed by atoms with Gasteiger partial charge in [0.05, 0.1) is 12.5 Å². The van der Waals surface area contributed by atoms with Crippen LogP contribution in [-0.2, 0) is 11.4 Å². The molecule has 4 aromatic rings. The first-order valence-corrected chi connectivity index (χ1v) is 11.2. The Morgan fingerprint density at radius 2 is 1.56 bits per heavy atom. The molecule has 2 N–H and O–H groups in total. The van der Waals surface area contributed by atoms with Crippen molar-refractivity contribution in [3.05, 3.63) is 96.3 Å². The first-order valence-electron chi connectivity index (χ1n) is 11.2. The summed E-state index contributed by atoms with van der Waals surface area (Å²) < 4.78 is 10.3. The molecule has 0 spiro atoms. The standard InChI is InChI=1S/C26H23N5O5/c1-26(2)30-24(27-22(32)20-12-6-14-34-20)29-25(28-23(33)21-13-7-15-35-21)31(26)36-16-18-10-5-9-17-8-3-4-11-19(17)18/h3-15H,16H2,1-2H3,(H2,27,28,29,30,32,33). The number of furan rings is 2. The van der Waals surface area contributed by atoms with Crippen LogP contribution in [0.3, 0.4) is 0 Å². The lowest BCUT2D eigenvalue weighted by atomic mass is 10.1. The molecule has 0 saturated heterocycles. The van der Waals surface area contributed by atoms with Crippen LogP contribution in [0.25, 0.3) is 10.8 Å². The summed E-state index contributed by atoms with van der Waals surface area (Å²) in [6.07, 6.45) is 2.79. The largest absolute Gasteiger partial charge is 0.459 e. The Balaban J connectivity index is 1.43. The van der Waals surface area contributed by atoms with Gasteiger partial charge in [-0.3, -0.25) is 25.1 Å². The lowest BCUT2D eigenvalue weighted by Crippen LogP contribution is -2.57. The Labute approximate surface area is 206 Å². The van der Waals surface area contributed by atoms with E-state index >= 15 is 0 Å². The van der Waals surface area contributed by atoms with Crippen molar-refractivity contribution in [2.45, 2.75) is 26.1 Å². The molecule has 36 heavy (non-hydrogen) atoms. The minimum absolute atomic E-state index is 0.0128. The van der Waals surface area contributed by atoms with Crippen LogP contribution >= 0.6 is 0 Å². The molecule has 2 aromatic heterocycles. The number of guanidine groups is 2. The third-order valence-corrected chi connectivity index (χ3v) is 5.45. The van der Waals surface area contributed by atoms with Gasteiger partial charge in [-0.25, -0.2) is 4.99 Å². The molecule has 2 amide bonds. The lowest BCUT2D eigenvalue weighted by Gasteiger charge is -2.38. The van der Waals surface area contributed by atoms with Crippen LogP contribution in [0.5, 0.6) is 0 Å². The lowest BCUT2D eigenvalue weighted by molar-refractivity contribution is -0.167. The van der Waals surface area contributed by atoms with E-state index in [4.69, 9.17) is 13.7 Å². The molecule has 5 rings (SSSR count). The van der Waals surface area contributed by atoms with E-state index in [0.717, 1.165) is 16.3 Å². The van der Waals surface area contributed by atoms with E-state index in [1.54, 1.807) is 26.0 Å². The molecule has 10 nitrogen and oxygen atoms in total. The number of hydroxylamine groups is 2. The molecule has 182 valence electrons. The van der Waals surface area contributed by atoms with Crippen molar-refractivity contribution >= 4 is 34.5 Å². The third-order valence-electron chi connectivity index (χ3n) is 5.45. The fourth-order valence-corrected chi connectivity index (χ4v) is 3.78. The molecule has 3 heterocycles. The highest BCUT2D eigenvalue weighted by Gasteiger charge is 2.37. The van der Waals surface area contributed by atoms with E-state index in [2.05, 4.69) is 20.6 Å². The van der Waals surface area contributed by atoms with Crippen molar-refractivity contribution < 1.29 is 23.3 Å². The van der Waals surface area contributed by atoms with Crippen LogP contribution in [-0.4, -0.2) is 34.5 Å². The van der Waals surface area contributed by atoms with Crippen molar-refractivity contribution in [2.75, 3.05) is 0 Å². The van der Waals surface area contributed by atoms with E-state index < -0.39 is 17.5 Å². The molecule has 0 bridgehead atoms. The predicted octanol–water partition coefficient (Wildman–Crippen LogP) is 4.08. The second-order valence-electron chi connectivity index (χ2n) is 8.43. The van der Waals surface area contributed by atoms with Crippen molar-refractivity contribution in [3.8, 4) is 0 Å². The summed E-state index contributed by atoms with van der Waals surface area (Å²) in [7, 11) is 0. The Morgan fingerprint density at radius 3 is 2.25 bits per heavy atom. The number of hydrogen-bond donors (Lipinski definition) is 2. The highest BCUT2D eigenvalue weighted by Crippen LogP contribution is 2.25. The molecule has 0 atom stereocenters. The van der Waals surface area contributed by atoms with Gasteiger partial charge < -0.3 is 8.83 Å². The highest BCUT2D eigenvalue weighted by atomic mass is 16.7. The van der Waals surface area contributed by atoms with E-state index in [-0.39, 0.29) is 30.0 Å². The van der Waals surface area contributed by atoms with Crippen molar-refractivity contribution in [1.29, 1.82) is 0 Å². The quantitative estimate of drug-likeness (QED) is 0.439. The topological polar surface area (TPSA) is 122 Å². The number of nitrogens with zero attached hydrogens (tertiary/aromatic N) is 3. The summed E-state index contributed by atoms with van der Waals surface area (Å²) in [5.74, 6) is -0.853. The number of rotatable bonds is 5. The Kier molecular flexibility index (Phi) is 6.09. The first kappa shape index (κ1) is 23.1. The zero-order valence-electron chi connectivity index (χ0n) is 19.6. The van der Waals surface area contributed by atoms with Gasteiger partial charge in [0.1, 0.15) is 6.61 Å². The molecule has 0 saturated carbocycles. The molecule has 1 aliphatic rings. The Morgan fingerprint density at radius 1 is 0.889 bits per heavy atom. The molecular weight excluding hydrogens is 462 g/mol. The van der Waals surface area contributed by atoms with Crippen LogP contribution in [0.15, 0.2) is 98.1 Å². The number of carbonyl (C=O) groups is 2. The maximum absolute atomic E-state index is 12.8. The maximum atomic E-state index is 12.8. The van der Waals surface area contributed by atoms with Crippen LogP contribution in [0.2, 0.25) is 0 Å². The fourth-order valence-electron chi connectivity index (χ4n) is 3.78. The third kappa shape index (κ3) is 4.75. The molecule has 0 unspecified atom stereocenters. The SMILES string of the molecule is CC1(C)N=C(NC(=O)c2ccco2)N=C(NC(=O)c2ccco2)N1OCc1cccc2ccccc12. The second kappa shape index (κ2) is 9.51. The van der Waals surface area contributed by atoms with Gasteiger partial charge in [-0.1, -0.05) is 42.5 Å². The smallest absolute Gasteiger partial charge is 0.293 e. The Hall–Kier alpha value is -4.70. The summed E-state index contributed by atoms with van der Waals surface area (Å²) in [5, 5.41) is 8.83. The predicted molar refractivity (Wildman–Crippen MR) is 132 cm³/mol. The number of amides is 2. The van der Waals surface area contributed by atoms with E-state index in [9.17, 15) is 9.59 Å². The monoisotopic (exact) mass is 485 g/mol. The van der Waals surface area contributed by atoms with Crippen molar-refractivity contribution in [2.24, 2.45) is 9.98 Å². The molecular formula is C26H23N5O5. The van der Waals surface area contributed by atoms with Gasteiger partial charge in [-0.15, -0.1) is 0 Å². The number of benzene rings is 2. The van der Waals surface area contributed by atoms with Crippen LogP contribution in [0.1, 0.15) is 40.5 Å². The van der Waals surface area contributed by atoms with Gasteiger partial charge in [0.25, 0.3) is 11.8 Å². The molecule has 1 aliphatic heterocycles. The molecule has 2 aromatic carbocycles. The first-order chi connectivity index (χ1) is 17.4. The Bertz CT molecular complexity index is 1450. The molecule has 10 heteroatoms. The minimum Gasteiger partial charge on any atom is -0.459 e. The van der Waals surface area contributed by atoms with E-state index in [1.165, 1.54) is 29.7 Å². The molecule has 0 radical (unpaired) electrons. The van der Waals surface area contributed by atoms with E-state index in [1.807, 2.05) is 42.5 Å².